The van der Waals surface area contributed by atoms with Crippen molar-refractivity contribution in [2.45, 2.75) is 31.2 Å². The van der Waals surface area contributed by atoms with Gasteiger partial charge < -0.3 is 5.32 Å². The number of rotatable bonds is 3. The first-order chi connectivity index (χ1) is 8.19. The van der Waals surface area contributed by atoms with Crippen molar-refractivity contribution in [1.82, 2.24) is 5.32 Å². The third-order valence-electron chi connectivity index (χ3n) is 3.08. The highest BCUT2D eigenvalue weighted by molar-refractivity contribution is 6.30. The molecule has 0 aliphatic heterocycles. The summed E-state index contributed by atoms with van der Waals surface area (Å²) in [5.74, 6) is 0.326. The van der Waals surface area contributed by atoms with Gasteiger partial charge in [-0.3, -0.25) is 4.79 Å². The van der Waals surface area contributed by atoms with Crippen molar-refractivity contribution in [1.29, 1.82) is 5.26 Å². The van der Waals surface area contributed by atoms with E-state index >= 15 is 0 Å². The molecule has 0 atom stereocenters. The van der Waals surface area contributed by atoms with Gasteiger partial charge in [0.25, 0.3) is 0 Å². The first-order valence-electron chi connectivity index (χ1n) is 5.61. The van der Waals surface area contributed by atoms with Gasteiger partial charge in [-0.25, -0.2) is 0 Å². The van der Waals surface area contributed by atoms with Gasteiger partial charge in [-0.1, -0.05) is 23.7 Å². The maximum absolute atomic E-state index is 11.2. The molecule has 1 aromatic rings. The topological polar surface area (TPSA) is 52.9 Å². The zero-order valence-electron chi connectivity index (χ0n) is 9.32. The molecule has 1 aliphatic carbocycles. The first kappa shape index (κ1) is 11.9. The molecule has 0 saturated heterocycles. The van der Waals surface area contributed by atoms with Crippen LogP contribution in [0.25, 0.3) is 0 Å². The fourth-order valence-corrected chi connectivity index (χ4v) is 2.22. The highest BCUT2D eigenvalue weighted by atomic mass is 35.5. The fourth-order valence-electron chi connectivity index (χ4n) is 2.09. The van der Waals surface area contributed by atoms with Crippen LogP contribution in [0.1, 0.15) is 30.7 Å². The summed E-state index contributed by atoms with van der Waals surface area (Å²) >= 11 is 5.82. The minimum atomic E-state index is -0.174. The van der Waals surface area contributed by atoms with Crippen LogP contribution in [0.15, 0.2) is 24.3 Å². The monoisotopic (exact) mass is 248 g/mol. The van der Waals surface area contributed by atoms with Crippen LogP contribution in [-0.2, 0) is 4.79 Å². The van der Waals surface area contributed by atoms with Crippen LogP contribution in [0.4, 0.5) is 0 Å². The first-order valence-corrected chi connectivity index (χ1v) is 5.98. The molecule has 88 valence electrons. The molecule has 0 bridgehead atoms. The van der Waals surface area contributed by atoms with Crippen molar-refractivity contribution in [3.05, 3.63) is 34.9 Å². The van der Waals surface area contributed by atoms with Gasteiger partial charge in [-0.2, -0.15) is 5.26 Å². The average molecular weight is 249 g/mol. The molecule has 2 rings (SSSR count). The second-order valence-corrected chi connectivity index (χ2v) is 4.76. The number of benzene rings is 1. The van der Waals surface area contributed by atoms with E-state index in [-0.39, 0.29) is 18.4 Å². The van der Waals surface area contributed by atoms with Gasteiger partial charge in [-0.05, 0) is 36.5 Å². The van der Waals surface area contributed by atoms with E-state index in [1.54, 1.807) is 0 Å². The largest absolute Gasteiger partial charge is 0.352 e. The van der Waals surface area contributed by atoms with E-state index in [4.69, 9.17) is 16.9 Å². The normalized spacial score (nSPS) is 22.4. The van der Waals surface area contributed by atoms with Gasteiger partial charge in [-0.15, -0.1) is 0 Å². The van der Waals surface area contributed by atoms with E-state index in [9.17, 15) is 4.79 Å². The number of halogens is 1. The number of hydrogen-bond acceptors (Lipinski definition) is 2. The molecule has 0 unspecified atom stereocenters. The second kappa shape index (κ2) is 5.20. The number of carbonyl (C=O) groups is 1. The van der Waals surface area contributed by atoms with Crippen LogP contribution < -0.4 is 5.32 Å². The van der Waals surface area contributed by atoms with Gasteiger partial charge in [0.1, 0.15) is 6.42 Å². The molecule has 1 fully saturated rings. The van der Waals surface area contributed by atoms with Crippen LogP contribution in [0.3, 0.4) is 0 Å². The molecule has 0 heterocycles. The Labute approximate surface area is 105 Å². The van der Waals surface area contributed by atoms with Gasteiger partial charge in [0.05, 0.1) is 6.07 Å². The molecule has 1 amide bonds. The van der Waals surface area contributed by atoms with Crippen LogP contribution in [0.2, 0.25) is 5.02 Å². The standard InChI is InChI=1S/C13H13ClN2O/c14-11-3-1-9(2-4-11)10-7-12(8-10)16-13(17)5-6-15/h1-4,10,12H,5,7-8H2,(H,16,17). The SMILES string of the molecule is N#CCC(=O)NC1CC(c2ccc(Cl)cc2)C1. The summed E-state index contributed by atoms with van der Waals surface area (Å²) in [5.41, 5.74) is 1.26. The summed E-state index contributed by atoms with van der Waals surface area (Å²) in [6.07, 6.45) is 1.83. The van der Waals surface area contributed by atoms with Crippen LogP contribution in [-0.4, -0.2) is 11.9 Å². The quantitative estimate of drug-likeness (QED) is 0.894. The van der Waals surface area contributed by atoms with E-state index in [0.717, 1.165) is 17.9 Å². The maximum atomic E-state index is 11.2. The lowest BCUT2D eigenvalue weighted by molar-refractivity contribution is -0.121. The Balaban J connectivity index is 1.81. The third kappa shape index (κ3) is 2.98. The Morgan fingerprint density at radius 3 is 2.65 bits per heavy atom. The van der Waals surface area contributed by atoms with Gasteiger partial charge in [0.2, 0.25) is 5.91 Å². The molecule has 1 aromatic carbocycles. The van der Waals surface area contributed by atoms with Crippen molar-refractivity contribution in [3.63, 3.8) is 0 Å². The number of nitriles is 1. The number of nitrogens with one attached hydrogen (secondary N) is 1. The van der Waals surface area contributed by atoms with Crippen molar-refractivity contribution in [2.24, 2.45) is 0 Å². The molecule has 1 saturated carbocycles. The van der Waals surface area contributed by atoms with Gasteiger partial charge in [0, 0.05) is 11.1 Å². The Morgan fingerprint density at radius 1 is 1.41 bits per heavy atom. The van der Waals surface area contributed by atoms with E-state index in [0.29, 0.717) is 5.92 Å². The minimum Gasteiger partial charge on any atom is -0.352 e. The summed E-state index contributed by atoms with van der Waals surface area (Å²) in [5, 5.41) is 12.0. The van der Waals surface area contributed by atoms with Crippen molar-refractivity contribution >= 4 is 17.5 Å². The van der Waals surface area contributed by atoms with Crippen LogP contribution in [0.5, 0.6) is 0 Å². The zero-order chi connectivity index (χ0) is 12.3. The van der Waals surface area contributed by atoms with Crippen molar-refractivity contribution < 1.29 is 4.79 Å². The zero-order valence-corrected chi connectivity index (χ0v) is 10.1. The van der Waals surface area contributed by atoms with Crippen molar-refractivity contribution in [3.8, 4) is 6.07 Å². The predicted molar refractivity (Wildman–Crippen MR) is 65.6 cm³/mol. The number of hydrogen-bond donors (Lipinski definition) is 1. The summed E-state index contributed by atoms with van der Waals surface area (Å²) in [7, 11) is 0. The Hall–Kier alpha value is -1.53. The maximum Gasteiger partial charge on any atom is 0.234 e. The van der Waals surface area contributed by atoms with E-state index in [2.05, 4.69) is 5.32 Å². The van der Waals surface area contributed by atoms with Crippen molar-refractivity contribution in [2.75, 3.05) is 0 Å². The summed E-state index contributed by atoms with van der Waals surface area (Å²) in [6, 6.07) is 9.89. The average Bonchev–Trinajstić information content (AvgIpc) is 2.25. The lowest BCUT2D eigenvalue weighted by Gasteiger charge is -2.36. The Bertz CT molecular complexity index is 443. The summed E-state index contributed by atoms with van der Waals surface area (Å²) in [4.78, 5) is 11.2. The molecule has 1 aliphatic rings. The summed E-state index contributed by atoms with van der Waals surface area (Å²) in [6.45, 7) is 0. The van der Waals surface area contributed by atoms with Crippen LogP contribution >= 0.6 is 11.6 Å². The molecular formula is C13H13ClN2O. The predicted octanol–water partition coefficient (Wildman–Crippen LogP) is 2.62. The van der Waals surface area contributed by atoms with Gasteiger partial charge >= 0.3 is 0 Å². The Kier molecular flexibility index (Phi) is 3.65. The number of carbonyl (C=O) groups excluding carboxylic acids is 1. The molecule has 0 spiro atoms. The van der Waals surface area contributed by atoms with E-state index in [1.165, 1.54) is 5.56 Å². The number of amides is 1. The molecule has 1 N–H and O–H groups in total. The summed E-state index contributed by atoms with van der Waals surface area (Å²) < 4.78 is 0. The van der Waals surface area contributed by atoms with Crippen LogP contribution in [0, 0.1) is 11.3 Å². The van der Waals surface area contributed by atoms with E-state index < -0.39 is 0 Å². The molecular weight excluding hydrogens is 236 g/mol. The smallest absolute Gasteiger partial charge is 0.234 e. The molecule has 0 aromatic heterocycles. The van der Waals surface area contributed by atoms with Gasteiger partial charge in [0.15, 0.2) is 0 Å². The minimum absolute atomic E-state index is 0.0535. The molecule has 17 heavy (non-hydrogen) atoms. The lowest BCUT2D eigenvalue weighted by atomic mass is 9.76. The van der Waals surface area contributed by atoms with E-state index in [1.807, 2.05) is 30.3 Å². The highest BCUT2D eigenvalue weighted by Gasteiger charge is 2.31. The molecule has 3 nitrogen and oxygen atoms in total. The Morgan fingerprint density at radius 2 is 2.06 bits per heavy atom. The lowest BCUT2D eigenvalue weighted by Crippen LogP contribution is -2.43. The third-order valence-corrected chi connectivity index (χ3v) is 3.34. The fraction of sp³-hybridized carbons (Fsp3) is 0.385. The highest BCUT2D eigenvalue weighted by Crippen LogP contribution is 2.37. The molecule has 0 radical (unpaired) electrons. The number of nitrogens with zero attached hydrogens (tertiary/aromatic N) is 1. The molecule has 4 heteroatoms. The second-order valence-electron chi connectivity index (χ2n) is 4.32.